The summed E-state index contributed by atoms with van der Waals surface area (Å²) in [7, 11) is 0. The van der Waals surface area contributed by atoms with Crippen molar-refractivity contribution in [2.75, 3.05) is 18.4 Å². The zero-order valence-electron chi connectivity index (χ0n) is 12.7. The largest absolute Gasteiger partial charge is 0.480 e. The van der Waals surface area contributed by atoms with Gasteiger partial charge < -0.3 is 10.4 Å². The summed E-state index contributed by atoms with van der Waals surface area (Å²) in [5.74, 6) is -0.552. The predicted molar refractivity (Wildman–Crippen MR) is 80.9 cm³/mol. The highest BCUT2D eigenvalue weighted by atomic mass is 16.6. The number of carboxylic acid groups (broad SMARTS) is 1. The lowest BCUT2D eigenvalue weighted by Crippen LogP contribution is -2.51. The molecule has 0 atom stereocenters. The third kappa shape index (κ3) is 3.51. The van der Waals surface area contributed by atoms with Gasteiger partial charge in [0.15, 0.2) is 0 Å². The van der Waals surface area contributed by atoms with E-state index in [-0.39, 0.29) is 30.1 Å². The van der Waals surface area contributed by atoms with Gasteiger partial charge in [-0.25, -0.2) is 4.98 Å². The van der Waals surface area contributed by atoms with Crippen LogP contribution >= 0.6 is 0 Å². The van der Waals surface area contributed by atoms with E-state index in [9.17, 15) is 14.9 Å². The molecule has 1 heterocycles. The zero-order chi connectivity index (χ0) is 16.3. The van der Waals surface area contributed by atoms with E-state index in [0.29, 0.717) is 12.1 Å². The van der Waals surface area contributed by atoms with E-state index >= 15 is 0 Å². The van der Waals surface area contributed by atoms with E-state index < -0.39 is 10.9 Å². The van der Waals surface area contributed by atoms with Crippen molar-refractivity contribution in [3.63, 3.8) is 0 Å². The van der Waals surface area contributed by atoms with Crippen molar-refractivity contribution in [2.24, 2.45) is 0 Å². The molecule has 8 nitrogen and oxygen atoms in total. The summed E-state index contributed by atoms with van der Waals surface area (Å²) in [6.07, 6.45) is 3.06. The van der Waals surface area contributed by atoms with E-state index in [0.717, 1.165) is 12.8 Å². The summed E-state index contributed by atoms with van der Waals surface area (Å²) in [5.41, 5.74) is 0.572. The number of pyridine rings is 1. The number of aromatic nitrogens is 1. The fourth-order valence-corrected chi connectivity index (χ4v) is 2.76. The smallest absolute Gasteiger partial charge is 0.317 e. The third-order valence-electron chi connectivity index (χ3n) is 4.02. The number of nitrogens with zero attached hydrogens (tertiary/aromatic N) is 3. The number of aryl methyl sites for hydroxylation is 1. The molecule has 0 aliphatic heterocycles. The first-order valence-corrected chi connectivity index (χ1v) is 7.24. The monoisotopic (exact) mass is 308 g/mol. The molecule has 0 aromatic carbocycles. The van der Waals surface area contributed by atoms with Crippen LogP contribution in [0, 0.1) is 17.0 Å². The van der Waals surface area contributed by atoms with Crippen LogP contribution in [-0.2, 0) is 4.79 Å². The van der Waals surface area contributed by atoms with Gasteiger partial charge in [0.25, 0.3) is 0 Å². The Bertz CT molecular complexity index is 572. The highest BCUT2D eigenvalue weighted by molar-refractivity contribution is 5.69. The predicted octanol–water partition coefficient (Wildman–Crippen LogP) is 1.65. The third-order valence-corrected chi connectivity index (χ3v) is 4.02. The lowest BCUT2D eigenvalue weighted by Gasteiger charge is -2.42. The average Bonchev–Trinajstić information content (AvgIpc) is 2.39. The second-order valence-electron chi connectivity index (χ2n) is 5.51. The van der Waals surface area contributed by atoms with Crippen LogP contribution in [0.5, 0.6) is 0 Å². The van der Waals surface area contributed by atoms with Gasteiger partial charge in [0.1, 0.15) is 0 Å². The molecule has 0 unspecified atom stereocenters. The minimum Gasteiger partial charge on any atom is -0.480 e. The number of rotatable bonds is 7. The Morgan fingerprint density at radius 3 is 2.82 bits per heavy atom. The quantitative estimate of drug-likeness (QED) is 0.582. The van der Waals surface area contributed by atoms with E-state index in [1.807, 2.05) is 11.8 Å². The molecule has 0 radical (unpaired) electrons. The van der Waals surface area contributed by atoms with Gasteiger partial charge in [-0.2, -0.15) is 0 Å². The van der Waals surface area contributed by atoms with Crippen LogP contribution in [0.1, 0.15) is 25.3 Å². The molecule has 1 saturated carbocycles. The van der Waals surface area contributed by atoms with Gasteiger partial charge in [-0.15, -0.1) is 0 Å². The van der Waals surface area contributed by atoms with Gasteiger partial charge in [0, 0.05) is 23.8 Å². The number of carboxylic acids is 1. The molecule has 1 aliphatic rings. The van der Waals surface area contributed by atoms with E-state index in [1.165, 1.54) is 0 Å². The zero-order valence-corrected chi connectivity index (χ0v) is 12.7. The summed E-state index contributed by atoms with van der Waals surface area (Å²) in [6, 6.07) is 1.89. The summed E-state index contributed by atoms with van der Waals surface area (Å²) >= 11 is 0. The first-order chi connectivity index (χ1) is 10.4. The second kappa shape index (κ2) is 6.69. The molecular formula is C14H20N4O4. The number of hydrogen-bond acceptors (Lipinski definition) is 6. The molecule has 120 valence electrons. The maximum Gasteiger partial charge on any atom is 0.317 e. The van der Waals surface area contributed by atoms with Crippen molar-refractivity contribution < 1.29 is 14.8 Å². The Labute approximate surface area is 128 Å². The molecule has 0 saturated heterocycles. The average molecular weight is 308 g/mol. The molecule has 8 heteroatoms. The number of likely N-dealkylation sites (N-methyl/N-ethyl adjacent to an activating group) is 1. The van der Waals surface area contributed by atoms with Crippen molar-refractivity contribution >= 4 is 17.5 Å². The minimum absolute atomic E-state index is 0.00355. The summed E-state index contributed by atoms with van der Waals surface area (Å²) in [6.45, 7) is 4.31. The normalized spacial score (nSPS) is 20.5. The molecule has 0 bridgehead atoms. The van der Waals surface area contributed by atoms with Crippen molar-refractivity contribution in [1.82, 2.24) is 9.88 Å². The van der Waals surface area contributed by atoms with Gasteiger partial charge in [-0.05, 0) is 32.4 Å². The Balaban J connectivity index is 1.97. The molecule has 1 aromatic rings. The number of nitrogens with one attached hydrogen (secondary N) is 1. The first kappa shape index (κ1) is 16.2. The van der Waals surface area contributed by atoms with E-state index in [1.54, 1.807) is 19.2 Å². The number of aliphatic carboxylic acids is 1. The number of anilines is 1. The molecule has 0 spiro atoms. The molecule has 1 fully saturated rings. The van der Waals surface area contributed by atoms with Crippen LogP contribution in [-0.4, -0.2) is 51.1 Å². The SMILES string of the molecule is CCN(CC(=O)O)C1CC(Nc2nccc(C)c2[N+](=O)[O-])C1. The molecule has 2 rings (SSSR count). The molecule has 22 heavy (non-hydrogen) atoms. The summed E-state index contributed by atoms with van der Waals surface area (Å²) < 4.78 is 0. The maximum atomic E-state index is 11.1. The lowest BCUT2D eigenvalue weighted by atomic mass is 9.85. The first-order valence-electron chi connectivity index (χ1n) is 7.24. The molecule has 1 aliphatic carbocycles. The van der Waals surface area contributed by atoms with E-state index in [4.69, 9.17) is 5.11 Å². The highest BCUT2D eigenvalue weighted by Crippen LogP contribution is 2.32. The molecule has 0 amide bonds. The van der Waals surface area contributed by atoms with Crippen molar-refractivity contribution in [3.05, 3.63) is 27.9 Å². The van der Waals surface area contributed by atoms with Crippen molar-refractivity contribution in [3.8, 4) is 0 Å². The van der Waals surface area contributed by atoms with Crippen LogP contribution in [0.2, 0.25) is 0 Å². The van der Waals surface area contributed by atoms with Gasteiger partial charge in [-0.1, -0.05) is 6.92 Å². The summed E-state index contributed by atoms with van der Waals surface area (Å²) in [4.78, 5) is 27.5. The fraction of sp³-hybridized carbons (Fsp3) is 0.571. The topological polar surface area (TPSA) is 109 Å². The number of hydrogen-bond donors (Lipinski definition) is 2. The highest BCUT2D eigenvalue weighted by Gasteiger charge is 2.35. The molecular weight excluding hydrogens is 288 g/mol. The Hall–Kier alpha value is -2.22. The molecule has 1 aromatic heterocycles. The van der Waals surface area contributed by atoms with Crippen LogP contribution in [0.25, 0.3) is 0 Å². The number of nitro groups is 1. The molecule has 2 N–H and O–H groups in total. The van der Waals surface area contributed by atoms with Crippen molar-refractivity contribution in [2.45, 2.75) is 38.8 Å². The maximum absolute atomic E-state index is 11.1. The van der Waals surface area contributed by atoms with Crippen LogP contribution in [0.3, 0.4) is 0 Å². The minimum atomic E-state index is -0.839. The lowest BCUT2D eigenvalue weighted by molar-refractivity contribution is -0.384. The van der Waals surface area contributed by atoms with Crippen LogP contribution in [0.4, 0.5) is 11.5 Å². The fourth-order valence-electron chi connectivity index (χ4n) is 2.76. The van der Waals surface area contributed by atoms with Gasteiger partial charge in [0.05, 0.1) is 11.5 Å². The van der Waals surface area contributed by atoms with E-state index in [2.05, 4.69) is 10.3 Å². The van der Waals surface area contributed by atoms with Crippen LogP contribution in [0.15, 0.2) is 12.3 Å². The Kier molecular flexibility index (Phi) is 4.92. The number of carbonyl (C=O) groups is 1. The summed E-state index contributed by atoms with van der Waals surface area (Å²) in [5, 5.41) is 23.1. The Morgan fingerprint density at radius 2 is 2.27 bits per heavy atom. The van der Waals surface area contributed by atoms with Gasteiger partial charge in [0.2, 0.25) is 5.82 Å². The van der Waals surface area contributed by atoms with Gasteiger partial charge in [-0.3, -0.25) is 19.8 Å². The van der Waals surface area contributed by atoms with Gasteiger partial charge >= 0.3 is 11.7 Å². The van der Waals surface area contributed by atoms with Crippen molar-refractivity contribution in [1.29, 1.82) is 0 Å². The standard InChI is InChI=1S/C14H20N4O4/c1-3-17(8-12(19)20)11-6-10(7-11)16-14-13(18(21)22)9(2)4-5-15-14/h4-5,10-11H,3,6-8H2,1-2H3,(H,15,16)(H,19,20). The second-order valence-corrected chi connectivity index (χ2v) is 5.51. The Morgan fingerprint density at radius 1 is 1.59 bits per heavy atom. The van der Waals surface area contributed by atoms with Crippen LogP contribution < -0.4 is 5.32 Å².